The van der Waals surface area contributed by atoms with Crippen LogP contribution >= 0.6 is 11.6 Å². The van der Waals surface area contributed by atoms with Gasteiger partial charge < -0.3 is 20.5 Å². The van der Waals surface area contributed by atoms with Gasteiger partial charge in [0, 0.05) is 18.2 Å². The van der Waals surface area contributed by atoms with Crippen molar-refractivity contribution in [3.63, 3.8) is 0 Å². The summed E-state index contributed by atoms with van der Waals surface area (Å²) in [4.78, 5) is 11.9. The highest BCUT2D eigenvalue weighted by Gasteiger charge is 2.11. The van der Waals surface area contributed by atoms with Gasteiger partial charge in [-0.15, -0.1) is 0 Å². The van der Waals surface area contributed by atoms with E-state index >= 15 is 0 Å². The number of urea groups is 1. The van der Waals surface area contributed by atoms with Gasteiger partial charge in [-0.05, 0) is 37.0 Å². The number of rotatable bonds is 8. The standard InChI is InChI=1S/C15H23ClN2O3/c1-3-4-11(7-8-19)10-17-15(20)18-13-9-12(16)5-6-14(13)21-2/h5-6,9,11,19H,3-4,7-8,10H2,1-2H3,(H2,17,18,20). The molecule has 0 radical (unpaired) electrons. The van der Waals surface area contributed by atoms with Crippen molar-refractivity contribution < 1.29 is 14.6 Å². The predicted octanol–water partition coefficient (Wildman–Crippen LogP) is 3.27. The Morgan fingerprint density at radius 1 is 1.43 bits per heavy atom. The van der Waals surface area contributed by atoms with E-state index in [4.69, 9.17) is 21.4 Å². The number of anilines is 1. The molecular weight excluding hydrogens is 292 g/mol. The number of methoxy groups -OCH3 is 1. The molecular formula is C15H23ClN2O3. The third-order valence-corrected chi connectivity index (χ3v) is 3.43. The van der Waals surface area contributed by atoms with Crippen LogP contribution in [-0.4, -0.2) is 31.4 Å². The summed E-state index contributed by atoms with van der Waals surface area (Å²) in [7, 11) is 1.53. The molecule has 2 amide bonds. The first-order valence-corrected chi connectivity index (χ1v) is 7.47. The molecule has 0 saturated carbocycles. The summed E-state index contributed by atoms with van der Waals surface area (Å²) >= 11 is 5.91. The Balaban J connectivity index is 2.55. The Bertz CT molecular complexity index is 449. The maximum absolute atomic E-state index is 11.9. The highest BCUT2D eigenvalue weighted by molar-refractivity contribution is 6.31. The quantitative estimate of drug-likeness (QED) is 0.689. The third kappa shape index (κ3) is 6.23. The number of hydrogen-bond donors (Lipinski definition) is 3. The van der Waals surface area contributed by atoms with Crippen molar-refractivity contribution in [1.82, 2.24) is 5.32 Å². The van der Waals surface area contributed by atoms with E-state index in [1.54, 1.807) is 18.2 Å². The average Bonchev–Trinajstić information content (AvgIpc) is 2.45. The van der Waals surface area contributed by atoms with E-state index in [1.165, 1.54) is 7.11 Å². The van der Waals surface area contributed by atoms with Gasteiger partial charge in [0.2, 0.25) is 0 Å². The largest absolute Gasteiger partial charge is 0.495 e. The van der Waals surface area contributed by atoms with Crippen LogP contribution in [0.3, 0.4) is 0 Å². The number of hydrogen-bond acceptors (Lipinski definition) is 3. The summed E-state index contributed by atoms with van der Waals surface area (Å²) in [5.41, 5.74) is 0.525. The van der Waals surface area contributed by atoms with Crippen molar-refractivity contribution in [2.75, 3.05) is 25.6 Å². The zero-order valence-electron chi connectivity index (χ0n) is 12.5. The summed E-state index contributed by atoms with van der Waals surface area (Å²) in [5.74, 6) is 0.835. The molecule has 0 bridgehead atoms. The van der Waals surface area contributed by atoms with Crippen LogP contribution in [0.2, 0.25) is 5.02 Å². The number of aliphatic hydroxyl groups excluding tert-OH is 1. The lowest BCUT2D eigenvalue weighted by Crippen LogP contribution is -2.33. The summed E-state index contributed by atoms with van der Waals surface area (Å²) in [6.07, 6.45) is 2.69. The van der Waals surface area contributed by atoms with E-state index in [1.807, 2.05) is 0 Å². The van der Waals surface area contributed by atoms with Crippen LogP contribution in [0.5, 0.6) is 5.75 Å². The van der Waals surface area contributed by atoms with Crippen LogP contribution in [0, 0.1) is 5.92 Å². The van der Waals surface area contributed by atoms with Gasteiger partial charge in [0.25, 0.3) is 0 Å². The summed E-state index contributed by atoms with van der Waals surface area (Å²) in [6, 6.07) is 4.72. The molecule has 1 unspecified atom stereocenters. The lowest BCUT2D eigenvalue weighted by atomic mass is 10.0. The highest BCUT2D eigenvalue weighted by Crippen LogP contribution is 2.27. The Morgan fingerprint density at radius 2 is 2.19 bits per heavy atom. The van der Waals surface area contributed by atoms with E-state index in [0.717, 1.165) is 12.8 Å². The van der Waals surface area contributed by atoms with Crippen LogP contribution in [0.15, 0.2) is 18.2 Å². The second kappa shape index (κ2) is 9.47. The Labute approximate surface area is 130 Å². The summed E-state index contributed by atoms with van der Waals surface area (Å²) in [5, 5.41) is 15.1. The van der Waals surface area contributed by atoms with Crippen LogP contribution < -0.4 is 15.4 Å². The molecule has 0 aromatic heterocycles. The van der Waals surface area contributed by atoms with Crippen molar-refractivity contribution in [3.8, 4) is 5.75 Å². The van der Waals surface area contributed by atoms with Crippen LogP contribution in [-0.2, 0) is 0 Å². The topological polar surface area (TPSA) is 70.6 Å². The molecule has 0 heterocycles. The molecule has 5 nitrogen and oxygen atoms in total. The molecule has 0 spiro atoms. The SMILES string of the molecule is CCCC(CCO)CNC(=O)Nc1cc(Cl)ccc1OC. The molecule has 0 aliphatic carbocycles. The molecule has 21 heavy (non-hydrogen) atoms. The first-order valence-electron chi connectivity index (χ1n) is 7.10. The molecule has 1 aromatic carbocycles. The van der Waals surface area contributed by atoms with Gasteiger partial charge in [0.1, 0.15) is 5.75 Å². The minimum atomic E-state index is -0.311. The third-order valence-electron chi connectivity index (χ3n) is 3.20. The summed E-state index contributed by atoms with van der Waals surface area (Å²) < 4.78 is 5.17. The van der Waals surface area contributed by atoms with Crippen LogP contribution in [0.4, 0.5) is 10.5 Å². The lowest BCUT2D eigenvalue weighted by Gasteiger charge is -2.16. The Kier molecular flexibility index (Phi) is 7.93. The van der Waals surface area contributed by atoms with Gasteiger partial charge in [-0.3, -0.25) is 0 Å². The maximum atomic E-state index is 11.9. The van der Waals surface area contributed by atoms with E-state index in [0.29, 0.717) is 29.4 Å². The second-order valence-electron chi connectivity index (χ2n) is 4.85. The molecule has 6 heteroatoms. The number of aliphatic hydroxyl groups is 1. The molecule has 3 N–H and O–H groups in total. The van der Waals surface area contributed by atoms with E-state index in [2.05, 4.69) is 17.6 Å². The molecule has 1 rings (SSSR count). The minimum Gasteiger partial charge on any atom is -0.495 e. The second-order valence-corrected chi connectivity index (χ2v) is 5.28. The number of nitrogens with one attached hydrogen (secondary N) is 2. The highest BCUT2D eigenvalue weighted by atomic mass is 35.5. The van der Waals surface area contributed by atoms with Gasteiger partial charge in [0.15, 0.2) is 0 Å². The van der Waals surface area contributed by atoms with Crippen molar-refractivity contribution in [2.24, 2.45) is 5.92 Å². The van der Waals surface area contributed by atoms with Gasteiger partial charge in [-0.1, -0.05) is 24.9 Å². The number of halogens is 1. The molecule has 0 fully saturated rings. The Morgan fingerprint density at radius 3 is 2.81 bits per heavy atom. The first kappa shape index (κ1) is 17.6. The average molecular weight is 315 g/mol. The smallest absolute Gasteiger partial charge is 0.319 e. The molecule has 1 aromatic rings. The van der Waals surface area contributed by atoms with Crippen LogP contribution in [0.25, 0.3) is 0 Å². The zero-order chi connectivity index (χ0) is 15.7. The van der Waals surface area contributed by atoms with Gasteiger partial charge in [-0.2, -0.15) is 0 Å². The maximum Gasteiger partial charge on any atom is 0.319 e. The molecule has 0 saturated heterocycles. The van der Waals surface area contributed by atoms with Gasteiger partial charge in [-0.25, -0.2) is 4.79 Å². The van der Waals surface area contributed by atoms with Crippen molar-refractivity contribution in [3.05, 3.63) is 23.2 Å². The fourth-order valence-electron chi connectivity index (χ4n) is 2.12. The van der Waals surface area contributed by atoms with E-state index < -0.39 is 0 Å². The monoisotopic (exact) mass is 314 g/mol. The normalized spacial score (nSPS) is 11.8. The van der Waals surface area contributed by atoms with Gasteiger partial charge >= 0.3 is 6.03 Å². The molecule has 0 aliphatic heterocycles. The summed E-state index contributed by atoms with van der Waals surface area (Å²) in [6.45, 7) is 2.75. The van der Waals surface area contributed by atoms with Gasteiger partial charge in [0.05, 0.1) is 12.8 Å². The number of carbonyl (C=O) groups is 1. The number of ether oxygens (including phenoxy) is 1. The molecule has 0 aliphatic rings. The van der Waals surface area contributed by atoms with Crippen molar-refractivity contribution >= 4 is 23.3 Å². The first-order chi connectivity index (χ1) is 10.1. The number of benzene rings is 1. The van der Waals surface area contributed by atoms with Crippen LogP contribution in [0.1, 0.15) is 26.2 Å². The number of carbonyl (C=O) groups excluding carboxylic acids is 1. The molecule has 1 atom stereocenters. The lowest BCUT2D eigenvalue weighted by molar-refractivity contribution is 0.236. The van der Waals surface area contributed by atoms with Crippen molar-refractivity contribution in [2.45, 2.75) is 26.2 Å². The van der Waals surface area contributed by atoms with Crippen molar-refractivity contribution in [1.29, 1.82) is 0 Å². The van der Waals surface area contributed by atoms with E-state index in [9.17, 15) is 4.79 Å². The minimum absolute atomic E-state index is 0.135. The predicted molar refractivity (Wildman–Crippen MR) is 85.1 cm³/mol. The fourth-order valence-corrected chi connectivity index (χ4v) is 2.29. The number of amides is 2. The van der Waals surface area contributed by atoms with E-state index in [-0.39, 0.29) is 18.6 Å². The molecule has 118 valence electrons. The Hall–Kier alpha value is -1.46. The fraction of sp³-hybridized carbons (Fsp3) is 0.533. The zero-order valence-corrected chi connectivity index (χ0v) is 13.2.